The molecule has 0 amide bonds. The summed E-state index contributed by atoms with van der Waals surface area (Å²) in [4.78, 5) is 11.5. The van der Waals surface area contributed by atoms with Crippen molar-refractivity contribution in [2.24, 2.45) is 11.8 Å². The Bertz CT molecular complexity index is 1290. The number of hydrogen-bond donors (Lipinski definition) is 2. The highest BCUT2D eigenvalue weighted by Gasteiger charge is 2.32. The lowest BCUT2D eigenvalue weighted by Gasteiger charge is -2.18. The summed E-state index contributed by atoms with van der Waals surface area (Å²) in [5.41, 5.74) is 0. The van der Waals surface area contributed by atoms with Gasteiger partial charge in [0, 0.05) is 32.4 Å². The van der Waals surface area contributed by atoms with Crippen molar-refractivity contribution >= 4 is 50.8 Å². The third-order valence-corrected chi connectivity index (χ3v) is 7.92. The maximum Gasteiger partial charge on any atom is 0.573 e. The molecule has 0 aliphatic heterocycles. The van der Waals surface area contributed by atoms with E-state index in [1.54, 1.807) is 6.07 Å². The average molecular weight is 675 g/mol. The van der Waals surface area contributed by atoms with E-state index in [4.69, 9.17) is 9.97 Å². The van der Waals surface area contributed by atoms with Gasteiger partial charge in [0.05, 0.1) is 10.2 Å². The van der Waals surface area contributed by atoms with Crippen LogP contribution in [-0.4, -0.2) is 53.6 Å². The average Bonchev–Trinajstić information content (AvgIpc) is 3.36. The summed E-state index contributed by atoms with van der Waals surface area (Å²) in [6.07, 6.45) is 9.28. The standard InChI is InChI=1S/C27H34F3N5O2S.C2H6.CH3Br/c1-35(2)25-21-11-4-3-5-12-22(21)33-26(34-25)31-17-19-9-8-10-20(16-15-19)18-32-38(36)24-14-7-6-13-23(24)37-27(28,29)30;2*1-2/h3-4,6-7,11-14,19-20,32H,5,8-10,15-18H2,1-2H3,(H,31,33);1-2H3;1H3/t19?,20-,38?;;/m1../s1. The molecule has 234 valence electrons. The Labute approximate surface area is 258 Å². The molecule has 1 aromatic carbocycles. The first-order valence-electron chi connectivity index (χ1n) is 14.2. The minimum atomic E-state index is -4.84. The van der Waals surface area contributed by atoms with Crippen LogP contribution in [0.1, 0.15) is 52.4 Å². The van der Waals surface area contributed by atoms with Crippen LogP contribution in [-0.2, 0) is 11.0 Å². The van der Waals surface area contributed by atoms with E-state index in [-0.39, 0.29) is 4.90 Å². The zero-order valence-corrected chi connectivity index (χ0v) is 27.4. The molecule has 2 N–H and O–H groups in total. The summed E-state index contributed by atoms with van der Waals surface area (Å²) in [6, 6.07) is 5.53. The van der Waals surface area contributed by atoms with Gasteiger partial charge in [-0.1, -0.05) is 66.6 Å². The zero-order chi connectivity index (χ0) is 31.1. The van der Waals surface area contributed by atoms with Gasteiger partial charge in [0.15, 0.2) is 0 Å². The van der Waals surface area contributed by atoms with Crippen LogP contribution in [0.4, 0.5) is 24.9 Å². The second-order valence-corrected chi connectivity index (χ2v) is 11.1. The van der Waals surface area contributed by atoms with Crippen molar-refractivity contribution in [3.63, 3.8) is 0 Å². The Morgan fingerprint density at radius 2 is 1.71 bits per heavy atom. The SMILES string of the molecule is CBr.CC.CN(C)c1nc(NCC2CCC[C@@H](CNS(=O)c3ccccc3OC(F)(F)F)CC2)nc2c1=CC=CCC=2. The largest absolute Gasteiger partial charge is 0.573 e. The van der Waals surface area contributed by atoms with Crippen molar-refractivity contribution in [2.45, 2.75) is 63.6 Å². The summed E-state index contributed by atoms with van der Waals surface area (Å²) in [5, 5.41) is 5.39. The van der Waals surface area contributed by atoms with Gasteiger partial charge in [-0.2, -0.15) is 4.98 Å². The molecule has 12 heteroatoms. The van der Waals surface area contributed by atoms with E-state index in [0.717, 1.165) is 61.5 Å². The number of nitrogens with zero attached hydrogens (tertiary/aromatic N) is 3. The summed E-state index contributed by atoms with van der Waals surface area (Å²) in [6.45, 7) is 5.23. The fourth-order valence-corrected chi connectivity index (χ4v) is 5.85. The topological polar surface area (TPSA) is 79.4 Å². The fourth-order valence-electron chi connectivity index (χ4n) is 4.82. The number of nitrogens with one attached hydrogen (secondary N) is 2. The number of halogens is 4. The molecule has 2 aliphatic carbocycles. The maximum atomic E-state index is 12.7. The molecule has 4 rings (SSSR count). The molecule has 2 aliphatic rings. The molecule has 1 aromatic heterocycles. The second kappa shape index (κ2) is 18.3. The first kappa shape index (κ1) is 35.8. The van der Waals surface area contributed by atoms with Crippen molar-refractivity contribution in [3.05, 3.63) is 47.0 Å². The quantitative estimate of drug-likeness (QED) is 0.254. The minimum absolute atomic E-state index is 0.0102. The predicted molar refractivity (Wildman–Crippen MR) is 171 cm³/mol. The Kier molecular flexibility index (Phi) is 15.6. The number of benzene rings is 1. The monoisotopic (exact) mass is 673 g/mol. The lowest BCUT2D eigenvalue weighted by atomic mass is 9.98. The van der Waals surface area contributed by atoms with E-state index >= 15 is 0 Å². The predicted octanol–water partition coefficient (Wildman–Crippen LogP) is 5.92. The molecule has 0 bridgehead atoms. The van der Waals surface area contributed by atoms with Crippen molar-refractivity contribution in [2.75, 3.05) is 43.2 Å². The molecule has 1 fully saturated rings. The van der Waals surface area contributed by atoms with Crippen LogP contribution in [0.3, 0.4) is 0 Å². The van der Waals surface area contributed by atoms with E-state index < -0.39 is 23.1 Å². The molecular weight excluding hydrogens is 631 g/mol. The van der Waals surface area contributed by atoms with Crippen LogP contribution in [0.15, 0.2) is 41.3 Å². The summed E-state index contributed by atoms with van der Waals surface area (Å²) in [5.74, 6) is 3.61. The van der Waals surface area contributed by atoms with Crippen LogP contribution >= 0.6 is 15.9 Å². The van der Waals surface area contributed by atoms with Crippen LogP contribution in [0.25, 0.3) is 12.2 Å². The van der Waals surface area contributed by atoms with Gasteiger partial charge >= 0.3 is 6.36 Å². The van der Waals surface area contributed by atoms with Gasteiger partial charge < -0.3 is 15.0 Å². The van der Waals surface area contributed by atoms with Gasteiger partial charge in [0.1, 0.15) is 22.6 Å². The van der Waals surface area contributed by atoms with Gasteiger partial charge in [-0.3, -0.25) is 0 Å². The highest BCUT2D eigenvalue weighted by atomic mass is 79.9. The maximum absolute atomic E-state index is 12.7. The number of para-hydroxylation sites is 1. The number of rotatable bonds is 9. The Hall–Kier alpha value is -2.44. The molecule has 2 unspecified atom stereocenters. The highest BCUT2D eigenvalue weighted by Crippen LogP contribution is 2.29. The van der Waals surface area contributed by atoms with Crippen molar-refractivity contribution in [1.82, 2.24) is 14.7 Å². The zero-order valence-electron chi connectivity index (χ0n) is 25.0. The molecule has 1 saturated carbocycles. The Morgan fingerprint density at radius 1 is 1.05 bits per heavy atom. The molecular formula is C30H43BrF3N5O2S. The van der Waals surface area contributed by atoms with E-state index in [2.05, 4.69) is 42.9 Å². The van der Waals surface area contributed by atoms with Crippen LogP contribution < -0.4 is 30.2 Å². The number of anilines is 2. The van der Waals surface area contributed by atoms with Crippen LogP contribution in [0.2, 0.25) is 0 Å². The van der Waals surface area contributed by atoms with Gasteiger partial charge in [-0.25, -0.2) is 13.9 Å². The van der Waals surface area contributed by atoms with Gasteiger partial charge in [-0.05, 0) is 68.0 Å². The lowest BCUT2D eigenvalue weighted by molar-refractivity contribution is -0.275. The summed E-state index contributed by atoms with van der Waals surface area (Å²) >= 11 is 2.94. The van der Waals surface area contributed by atoms with E-state index in [9.17, 15) is 17.4 Å². The first-order chi connectivity index (χ1) is 20.2. The van der Waals surface area contributed by atoms with E-state index in [1.807, 2.05) is 50.8 Å². The molecule has 0 spiro atoms. The molecule has 1 heterocycles. The molecule has 7 nitrogen and oxygen atoms in total. The van der Waals surface area contributed by atoms with E-state index in [1.165, 1.54) is 18.2 Å². The third kappa shape index (κ3) is 11.3. The van der Waals surface area contributed by atoms with Gasteiger partial charge in [0.25, 0.3) is 0 Å². The number of ether oxygens (including phenoxy) is 1. The lowest BCUT2D eigenvalue weighted by Crippen LogP contribution is -2.36. The van der Waals surface area contributed by atoms with Crippen LogP contribution in [0.5, 0.6) is 5.75 Å². The Balaban J connectivity index is 0.00000148. The smallest absolute Gasteiger partial charge is 0.404 e. The summed E-state index contributed by atoms with van der Waals surface area (Å²) < 4.78 is 57.8. The third-order valence-electron chi connectivity index (χ3n) is 6.76. The highest BCUT2D eigenvalue weighted by molar-refractivity contribution is 9.08. The van der Waals surface area contributed by atoms with Gasteiger partial charge in [0.2, 0.25) is 5.95 Å². The first-order valence-corrected chi connectivity index (χ1v) is 17.0. The van der Waals surface area contributed by atoms with Gasteiger partial charge in [-0.15, -0.1) is 13.2 Å². The molecule has 2 aromatic rings. The number of hydrogen-bond acceptors (Lipinski definition) is 6. The molecule has 42 heavy (non-hydrogen) atoms. The number of aromatic nitrogens is 2. The second-order valence-electron chi connectivity index (χ2n) is 9.83. The fraction of sp³-hybridized carbons (Fsp3) is 0.533. The number of allylic oxidation sites excluding steroid dienone is 2. The summed E-state index contributed by atoms with van der Waals surface area (Å²) in [7, 11) is 2.15. The molecule has 0 radical (unpaired) electrons. The van der Waals surface area contributed by atoms with Crippen molar-refractivity contribution in [3.8, 4) is 5.75 Å². The van der Waals surface area contributed by atoms with Crippen LogP contribution in [0, 0.1) is 11.8 Å². The Morgan fingerprint density at radius 3 is 2.38 bits per heavy atom. The number of alkyl halides is 4. The van der Waals surface area contributed by atoms with E-state index in [0.29, 0.717) is 24.3 Å². The van der Waals surface area contributed by atoms with Crippen molar-refractivity contribution in [1.29, 1.82) is 0 Å². The normalized spacial score (nSPS) is 18.6. The molecule has 3 atom stereocenters. The minimum Gasteiger partial charge on any atom is -0.404 e. The molecule has 0 saturated heterocycles. The number of fused-ring (bicyclic) bond motifs is 1. The van der Waals surface area contributed by atoms with Crippen molar-refractivity contribution < 1.29 is 22.1 Å².